The van der Waals surface area contributed by atoms with E-state index in [1.807, 2.05) is 0 Å². The number of aliphatic imine (C=N–C) groups is 1. The average Bonchev–Trinajstić information content (AvgIpc) is 3.97. The zero-order valence-corrected chi connectivity index (χ0v) is 38.3. The van der Waals surface area contributed by atoms with Crippen LogP contribution in [-0.4, -0.2) is 152 Å². The van der Waals surface area contributed by atoms with Crippen molar-refractivity contribution in [3.05, 3.63) is 18.2 Å². The average molecular weight is 963 g/mol. The number of likely N-dealkylation sites (tertiary alicyclic amines) is 1. The lowest BCUT2D eigenvalue weighted by atomic mass is 10.0. The van der Waals surface area contributed by atoms with Gasteiger partial charge in [-0.1, -0.05) is 13.8 Å². The van der Waals surface area contributed by atoms with Crippen molar-refractivity contribution in [2.45, 2.75) is 140 Å². The number of aliphatic carboxylic acids is 1. The molecule has 0 unspecified atom stereocenters. The number of primary amides is 3. The molecule has 8 atom stereocenters. The van der Waals surface area contributed by atoms with Crippen LogP contribution in [0.3, 0.4) is 0 Å². The van der Waals surface area contributed by atoms with Gasteiger partial charge in [0.25, 0.3) is 0 Å². The fourth-order valence-electron chi connectivity index (χ4n) is 6.96. The van der Waals surface area contributed by atoms with E-state index in [1.165, 1.54) is 24.3 Å². The smallest absolute Gasteiger partial charge is 0.303 e. The number of nitrogens with two attached hydrogens (primary N) is 6. The van der Waals surface area contributed by atoms with Crippen LogP contribution >= 0.6 is 0 Å². The van der Waals surface area contributed by atoms with Crippen LogP contribution in [0.15, 0.2) is 17.5 Å². The standard InChI is InChI=1S/C40H66N16O12/c1-19(2)31(38(67)50-22(32(44)61)8-11-28(42)57)55-35(64)23(6-4-14-48-40(45)46)51-33(62)24(9-12-29(43)58)52-36(65)26(16-21-17-47-18-49-21)54-34(63)25(10-13-30(59)60)53-37(66)27-7-5-15-56(27)39(68)20(3)41/h17-20,22-27,31H,4-16,41H2,1-3H3,(H2,42,57)(H2,43,58)(H2,44,61)(H,47,49)(H,50,67)(H,51,62)(H,52,65)(H,53,66)(H,54,63)(H,55,64)(H,59,60)(H4,45,46,48)/t20-,22-,23-,24-,25-,26-,27-,31-/m0/s1. The van der Waals surface area contributed by atoms with E-state index in [1.54, 1.807) is 13.8 Å². The van der Waals surface area contributed by atoms with Gasteiger partial charge in [-0.15, -0.1) is 0 Å². The molecule has 1 aromatic heterocycles. The van der Waals surface area contributed by atoms with Gasteiger partial charge in [0, 0.05) is 50.7 Å². The minimum atomic E-state index is -1.62. The van der Waals surface area contributed by atoms with Crippen LogP contribution in [0.4, 0.5) is 0 Å². The highest BCUT2D eigenvalue weighted by molar-refractivity contribution is 5.98. The van der Waals surface area contributed by atoms with Gasteiger partial charge < -0.3 is 81.3 Å². The fraction of sp³-hybridized carbons (Fsp3) is 0.625. The number of guanidine groups is 1. The van der Waals surface area contributed by atoms with Crippen molar-refractivity contribution >= 4 is 71.0 Å². The van der Waals surface area contributed by atoms with Crippen LogP contribution in [-0.2, 0) is 59.2 Å². The first-order chi connectivity index (χ1) is 31.9. The molecule has 28 heteroatoms. The van der Waals surface area contributed by atoms with Gasteiger partial charge >= 0.3 is 5.97 Å². The summed E-state index contributed by atoms with van der Waals surface area (Å²) in [6.07, 6.45) is 0.533. The Kier molecular flexibility index (Phi) is 23.3. The van der Waals surface area contributed by atoms with Crippen LogP contribution < -0.4 is 66.3 Å². The largest absolute Gasteiger partial charge is 0.481 e. The van der Waals surface area contributed by atoms with Gasteiger partial charge in [0.2, 0.25) is 59.1 Å². The van der Waals surface area contributed by atoms with Crippen molar-refractivity contribution in [1.82, 2.24) is 46.8 Å². The number of amides is 10. The Bertz CT molecular complexity index is 1990. The van der Waals surface area contributed by atoms with Crippen molar-refractivity contribution in [1.29, 1.82) is 0 Å². The number of H-pyrrole nitrogens is 1. The number of aromatic amines is 1. The molecule has 20 N–H and O–H groups in total. The number of imidazole rings is 1. The number of carboxylic acid groups (broad SMARTS) is 1. The molecule has 0 aromatic carbocycles. The lowest BCUT2D eigenvalue weighted by molar-refractivity contribution is -0.141. The number of rotatable bonds is 30. The Labute approximate surface area is 391 Å². The van der Waals surface area contributed by atoms with E-state index in [-0.39, 0.29) is 57.6 Å². The summed E-state index contributed by atoms with van der Waals surface area (Å²) in [6.45, 7) is 4.81. The number of hydrogen-bond donors (Lipinski definition) is 14. The second-order valence-electron chi connectivity index (χ2n) is 16.6. The summed E-state index contributed by atoms with van der Waals surface area (Å²) in [5.41, 5.74) is 33.0. The second kappa shape index (κ2) is 27.9. The predicted molar refractivity (Wildman–Crippen MR) is 240 cm³/mol. The molecular weight excluding hydrogens is 897 g/mol. The molecule has 1 saturated heterocycles. The molecule has 1 aliphatic rings. The van der Waals surface area contributed by atoms with Crippen LogP contribution in [0.1, 0.15) is 90.7 Å². The number of nitrogens with zero attached hydrogens (tertiary/aromatic N) is 3. The number of hydrogen-bond acceptors (Lipinski definition) is 14. The molecule has 1 aliphatic heterocycles. The molecule has 0 bridgehead atoms. The van der Waals surface area contributed by atoms with Gasteiger partial charge in [-0.05, 0) is 57.8 Å². The summed E-state index contributed by atoms with van der Waals surface area (Å²) in [7, 11) is 0. The van der Waals surface area contributed by atoms with E-state index in [0.717, 1.165) is 0 Å². The van der Waals surface area contributed by atoms with Gasteiger partial charge in [0.05, 0.1) is 12.4 Å². The molecule has 1 fully saturated rings. The number of aromatic nitrogens is 2. The summed E-state index contributed by atoms with van der Waals surface area (Å²) in [5, 5.41) is 24.4. The third-order valence-electron chi connectivity index (χ3n) is 10.6. The van der Waals surface area contributed by atoms with Crippen LogP contribution in [0, 0.1) is 5.92 Å². The SMILES string of the molecule is CC(C)[C@H](NC(=O)[C@H](CCCN=C(N)N)NC(=O)[C@H](CCC(N)=O)NC(=O)[C@H](Cc1cnc[nH]1)NC(=O)[C@H](CCC(=O)O)NC(=O)[C@@H]1CCCN1C(=O)[C@H](C)N)C(=O)N[C@@H](CCC(N)=O)C(N)=O. The van der Waals surface area contributed by atoms with E-state index in [0.29, 0.717) is 12.1 Å². The first kappa shape index (κ1) is 56.7. The van der Waals surface area contributed by atoms with Crippen LogP contribution in [0.2, 0.25) is 0 Å². The zero-order valence-electron chi connectivity index (χ0n) is 38.3. The highest BCUT2D eigenvalue weighted by atomic mass is 16.4. The van der Waals surface area contributed by atoms with Crippen molar-refractivity contribution < 1.29 is 57.8 Å². The third-order valence-corrected chi connectivity index (χ3v) is 10.6. The Balaban J connectivity index is 2.45. The third kappa shape index (κ3) is 19.6. The minimum Gasteiger partial charge on any atom is -0.481 e. The van der Waals surface area contributed by atoms with E-state index in [9.17, 15) is 57.8 Å². The molecule has 378 valence electrons. The molecular formula is C40H66N16O12. The lowest BCUT2D eigenvalue weighted by Gasteiger charge is -2.29. The number of carbonyl (C=O) groups excluding carboxylic acids is 10. The van der Waals surface area contributed by atoms with Crippen molar-refractivity contribution in [3.8, 4) is 0 Å². The van der Waals surface area contributed by atoms with Crippen molar-refractivity contribution in [3.63, 3.8) is 0 Å². The van der Waals surface area contributed by atoms with Gasteiger partial charge in [0.15, 0.2) is 5.96 Å². The van der Waals surface area contributed by atoms with Crippen molar-refractivity contribution in [2.75, 3.05) is 13.1 Å². The van der Waals surface area contributed by atoms with Gasteiger partial charge in [0.1, 0.15) is 42.3 Å². The van der Waals surface area contributed by atoms with Gasteiger partial charge in [-0.2, -0.15) is 0 Å². The molecule has 1 aromatic rings. The van der Waals surface area contributed by atoms with Crippen LogP contribution in [0.5, 0.6) is 0 Å². The van der Waals surface area contributed by atoms with Crippen LogP contribution in [0.25, 0.3) is 0 Å². The monoisotopic (exact) mass is 963 g/mol. The molecule has 10 amide bonds. The van der Waals surface area contributed by atoms with E-state index >= 15 is 0 Å². The molecule has 0 aliphatic carbocycles. The Hall–Kier alpha value is -7.39. The fourth-order valence-corrected chi connectivity index (χ4v) is 6.96. The lowest BCUT2D eigenvalue weighted by Crippen LogP contribution is -2.61. The predicted octanol–water partition coefficient (Wildman–Crippen LogP) is -6.21. The first-order valence-corrected chi connectivity index (χ1v) is 21.9. The van der Waals surface area contributed by atoms with Gasteiger partial charge in [-0.25, -0.2) is 4.98 Å². The highest BCUT2D eigenvalue weighted by Gasteiger charge is 2.38. The second-order valence-corrected chi connectivity index (χ2v) is 16.6. The maximum atomic E-state index is 14.2. The summed E-state index contributed by atoms with van der Waals surface area (Å²) in [4.78, 5) is 155. The quantitative estimate of drug-likeness (QED) is 0.0194. The Morgan fingerprint density at radius 1 is 0.721 bits per heavy atom. The molecule has 2 heterocycles. The summed E-state index contributed by atoms with van der Waals surface area (Å²) in [6, 6.07) is -10.8. The number of nitrogens with one attached hydrogen (secondary N) is 7. The number of carboxylic acids is 1. The highest BCUT2D eigenvalue weighted by Crippen LogP contribution is 2.19. The Morgan fingerprint density at radius 2 is 1.24 bits per heavy atom. The van der Waals surface area contributed by atoms with E-state index in [4.69, 9.17) is 34.4 Å². The first-order valence-electron chi connectivity index (χ1n) is 21.9. The maximum Gasteiger partial charge on any atom is 0.303 e. The summed E-state index contributed by atoms with van der Waals surface area (Å²) in [5.74, 6) is -10.9. The molecule has 28 nitrogen and oxygen atoms in total. The number of carbonyl (C=O) groups is 11. The van der Waals surface area contributed by atoms with Crippen molar-refractivity contribution in [2.24, 2.45) is 45.3 Å². The summed E-state index contributed by atoms with van der Waals surface area (Å²) < 4.78 is 0. The molecule has 68 heavy (non-hydrogen) atoms. The molecule has 0 saturated carbocycles. The Morgan fingerprint density at radius 3 is 1.75 bits per heavy atom. The zero-order chi connectivity index (χ0) is 51.2. The summed E-state index contributed by atoms with van der Waals surface area (Å²) >= 11 is 0. The molecule has 0 radical (unpaired) electrons. The minimum absolute atomic E-state index is 0.00902. The molecule has 2 rings (SSSR count). The van der Waals surface area contributed by atoms with E-state index in [2.05, 4.69) is 46.9 Å². The topological polar surface area (TPSA) is 481 Å². The molecule has 0 spiro atoms. The van der Waals surface area contributed by atoms with E-state index < -0.39 is 145 Å². The van der Waals surface area contributed by atoms with Gasteiger partial charge in [-0.3, -0.25) is 57.7 Å². The maximum absolute atomic E-state index is 14.2. The normalized spacial score (nSPS) is 16.3.